The number of carboxylic acids is 1. The van der Waals surface area contributed by atoms with Gasteiger partial charge in [0.05, 0.1) is 5.57 Å². The Hall–Kier alpha value is -0.390. The standard InChI is InChI=1S/C9H13BrNO3/c1-8(2)5(7(12)13)6(10)9(3,4)11(8)14/h1-4H3,(H,12,13)/q-1. The molecule has 4 nitrogen and oxygen atoms in total. The predicted molar refractivity (Wildman–Crippen MR) is 57.0 cm³/mol. The van der Waals surface area contributed by atoms with Gasteiger partial charge < -0.3 is 15.4 Å². The summed E-state index contributed by atoms with van der Waals surface area (Å²) in [4.78, 5) is 11.0. The van der Waals surface area contributed by atoms with Gasteiger partial charge in [-0.15, -0.1) is 0 Å². The topological polar surface area (TPSA) is 63.6 Å². The van der Waals surface area contributed by atoms with Crippen molar-refractivity contribution < 1.29 is 9.90 Å². The lowest BCUT2D eigenvalue weighted by Crippen LogP contribution is -2.47. The lowest BCUT2D eigenvalue weighted by Gasteiger charge is -2.47. The average molecular weight is 263 g/mol. The summed E-state index contributed by atoms with van der Waals surface area (Å²) < 4.78 is 0.456. The molecule has 0 saturated carbocycles. The predicted octanol–water partition coefficient (Wildman–Crippen LogP) is 2.09. The minimum atomic E-state index is -1.05. The molecule has 0 saturated heterocycles. The molecule has 0 bridgehead atoms. The molecule has 1 heterocycles. The maximum Gasteiger partial charge on any atom is 0.334 e. The van der Waals surface area contributed by atoms with Crippen LogP contribution in [0.5, 0.6) is 0 Å². The fraction of sp³-hybridized carbons (Fsp3) is 0.667. The molecule has 0 spiro atoms. The summed E-state index contributed by atoms with van der Waals surface area (Å²) in [6, 6.07) is 0. The maximum atomic E-state index is 11.9. The summed E-state index contributed by atoms with van der Waals surface area (Å²) >= 11 is 3.20. The van der Waals surface area contributed by atoms with E-state index in [2.05, 4.69) is 15.9 Å². The van der Waals surface area contributed by atoms with Gasteiger partial charge in [-0.3, -0.25) is 0 Å². The minimum absolute atomic E-state index is 0.137. The van der Waals surface area contributed by atoms with Crippen LogP contribution in [0, 0.1) is 5.21 Å². The molecule has 1 rings (SSSR count). The molecule has 80 valence electrons. The van der Waals surface area contributed by atoms with Gasteiger partial charge in [0, 0.05) is 15.6 Å². The first-order valence-electron chi connectivity index (χ1n) is 4.25. The van der Waals surface area contributed by atoms with Crippen LogP contribution in [0.15, 0.2) is 10.1 Å². The van der Waals surface area contributed by atoms with Crippen LogP contribution in [0.4, 0.5) is 0 Å². The Bertz CT molecular complexity index is 320. The Morgan fingerprint density at radius 2 is 1.79 bits per heavy atom. The fourth-order valence-corrected chi connectivity index (χ4v) is 2.64. The van der Waals surface area contributed by atoms with E-state index in [9.17, 15) is 10.0 Å². The Labute approximate surface area is 91.3 Å². The van der Waals surface area contributed by atoms with Crippen LogP contribution in [0.2, 0.25) is 0 Å². The Kier molecular flexibility index (Phi) is 2.54. The molecule has 0 amide bonds. The Morgan fingerprint density at radius 1 is 1.36 bits per heavy atom. The van der Waals surface area contributed by atoms with Gasteiger partial charge in [0.25, 0.3) is 0 Å². The first kappa shape index (κ1) is 11.7. The van der Waals surface area contributed by atoms with E-state index in [0.29, 0.717) is 4.48 Å². The van der Waals surface area contributed by atoms with Crippen molar-refractivity contribution in [2.45, 2.75) is 38.8 Å². The average Bonchev–Trinajstić information content (AvgIpc) is 2.10. The Balaban J connectivity index is 3.37. The summed E-state index contributed by atoms with van der Waals surface area (Å²) in [5, 5.41) is 21.7. The number of carbonyl (C=O) groups is 1. The molecule has 14 heavy (non-hydrogen) atoms. The summed E-state index contributed by atoms with van der Waals surface area (Å²) in [5.74, 6) is -1.05. The summed E-state index contributed by atoms with van der Waals surface area (Å²) in [6.45, 7) is 6.61. The first-order chi connectivity index (χ1) is 6.13. The number of halogens is 1. The van der Waals surface area contributed by atoms with Crippen LogP contribution in [0.1, 0.15) is 27.7 Å². The van der Waals surface area contributed by atoms with E-state index in [1.165, 1.54) is 0 Å². The van der Waals surface area contributed by atoms with E-state index in [1.807, 2.05) is 0 Å². The molecule has 0 fully saturated rings. The molecule has 0 aliphatic carbocycles. The third-order valence-electron chi connectivity index (χ3n) is 2.60. The molecule has 1 aliphatic rings. The van der Waals surface area contributed by atoms with Gasteiger partial charge in [-0.05, 0) is 27.7 Å². The number of hydroxylamine groups is 2. The van der Waals surface area contributed by atoms with Gasteiger partial charge in [-0.25, -0.2) is 4.79 Å². The van der Waals surface area contributed by atoms with Crippen LogP contribution in [0.25, 0.3) is 0 Å². The quantitative estimate of drug-likeness (QED) is 0.786. The van der Waals surface area contributed by atoms with Crippen LogP contribution >= 0.6 is 15.9 Å². The summed E-state index contributed by atoms with van der Waals surface area (Å²) in [6.07, 6.45) is 0. The van der Waals surface area contributed by atoms with Gasteiger partial charge in [-0.2, -0.15) is 0 Å². The van der Waals surface area contributed by atoms with Crippen molar-refractivity contribution in [3.05, 3.63) is 15.3 Å². The molecule has 0 atom stereocenters. The van der Waals surface area contributed by atoms with Crippen molar-refractivity contribution >= 4 is 21.9 Å². The highest BCUT2D eigenvalue weighted by Gasteiger charge is 2.47. The number of aliphatic carboxylic acids is 1. The van der Waals surface area contributed by atoms with Gasteiger partial charge >= 0.3 is 5.97 Å². The van der Waals surface area contributed by atoms with Gasteiger partial charge in [0.2, 0.25) is 0 Å². The number of rotatable bonds is 1. The van der Waals surface area contributed by atoms with Crippen LogP contribution in [0.3, 0.4) is 0 Å². The number of nitrogens with zero attached hydrogens (tertiary/aromatic N) is 1. The van der Waals surface area contributed by atoms with Crippen LogP contribution in [-0.2, 0) is 4.79 Å². The molecule has 1 N–H and O–H groups in total. The van der Waals surface area contributed by atoms with Crippen molar-refractivity contribution in [2.75, 3.05) is 0 Å². The molecule has 0 aromatic heterocycles. The van der Waals surface area contributed by atoms with Gasteiger partial charge in [-0.1, -0.05) is 15.9 Å². The highest BCUT2D eigenvalue weighted by Crippen LogP contribution is 2.46. The zero-order valence-electron chi connectivity index (χ0n) is 8.59. The molecular formula is C9H13BrNO3-. The second-order valence-electron chi connectivity index (χ2n) is 4.41. The van der Waals surface area contributed by atoms with E-state index in [4.69, 9.17) is 5.11 Å². The highest BCUT2D eigenvalue weighted by atomic mass is 79.9. The molecule has 5 heteroatoms. The lowest BCUT2D eigenvalue weighted by atomic mass is 9.97. The molecule has 0 aromatic rings. The normalized spacial score (nSPS) is 25.6. The van der Waals surface area contributed by atoms with Crippen LogP contribution < -0.4 is 0 Å². The second kappa shape index (κ2) is 3.05. The van der Waals surface area contributed by atoms with Crippen molar-refractivity contribution in [2.24, 2.45) is 0 Å². The second-order valence-corrected chi connectivity index (χ2v) is 5.20. The number of carboxylic acid groups (broad SMARTS) is 1. The smallest absolute Gasteiger partial charge is 0.334 e. The lowest BCUT2D eigenvalue weighted by molar-refractivity contribution is -0.133. The van der Waals surface area contributed by atoms with Gasteiger partial charge in [0.15, 0.2) is 0 Å². The molecule has 0 radical (unpaired) electrons. The van der Waals surface area contributed by atoms with E-state index in [0.717, 1.165) is 5.06 Å². The van der Waals surface area contributed by atoms with Gasteiger partial charge in [0.1, 0.15) is 0 Å². The minimum Gasteiger partial charge on any atom is -0.784 e. The Morgan fingerprint density at radius 3 is 1.93 bits per heavy atom. The molecular weight excluding hydrogens is 250 g/mol. The monoisotopic (exact) mass is 262 g/mol. The highest BCUT2D eigenvalue weighted by molar-refractivity contribution is 9.11. The molecule has 0 unspecified atom stereocenters. The van der Waals surface area contributed by atoms with E-state index < -0.39 is 17.0 Å². The maximum absolute atomic E-state index is 11.9. The fourth-order valence-electron chi connectivity index (χ4n) is 1.82. The first-order valence-corrected chi connectivity index (χ1v) is 5.04. The van der Waals surface area contributed by atoms with E-state index in [1.54, 1.807) is 27.7 Å². The largest absolute Gasteiger partial charge is 0.784 e. The number of hydrogen-bond acceptors (Lipinski definition) is 3. The summed E-state index contributed by atoms with van der Waals surface area (Å²) in [5.41, 5.74) is -1.66. The SMILES string of the molecule is CC1(C)C(Br)=C(C(=O)O)C(C)(C)N1[O-]. The summed E-state index contributed by atoms with van der Waals surface area (Å²) in [7, 11) is 0. The van der Waals surface area contributed by atoms with E-state index >= 15 is 0 Å². The zero-order chi connectivity index (χ0) is 11.3. The van der Waals surface area contributed by atoms with Crippen molar-refractivity contribution in [1.29, 1.82) is 0 Å². The molecule has 0 aromatic carbocycles. The third-order valence-corrected chi connectivity index (χ3v) is 3.96. The zero-order valence-corrected chi connectivity index (χ0v) is 10.2. The van der Waals surface area contributed by atoms with Crippen LogP contribution in [-0.4, -0.2) is 27.2 Å². The van der Waals surface area contributed by atoms with Crippen molar-refractivity contribution in [3.63, 3.8) is 0 Å². The third kappa shape index (κ3) is 1.31. The molecule has 1 aliphatic heterocycles. The van der Waals surface area contributed by atoms with Crippen molar-refractivity contribution in [3.8, 4) is 0 Å². The number of hydrogen-bond donors (Lipinski definition) is 1. The van der Waals surface area contributed by atoms with Crippen molar-refractivity contribution in [1.82, 2.24) is 5.06 Å². The van der Waals surface area contributed by atoms with E-state index in [-0.39, 0.29) is 5.57 Å².